The first-order valence-corrected chi connectivity index (χ1v) is 4.35. The lowest BCUT2D eigenvalue weighted by Crippen LogP contribution is -2.12. The fraction of sp³-hybridized carbons (Fsp3) is 0.111. The molecule has 1 aromatic carbocycles. The van der Waals surface area contributed by atoms with Gasteiger partial charge in [-0.3, -0.25) is 4.79 Å². The van der Waals surface area contributed by atoms with Gasteiger partial charge in [-0.1, -0.05) is 15.9 Å². The number of ketones is 1. The highest BCUT2D eigenvalue weighted by atomic mass is 79.9. The molecule has 0 aliphatic rings. The Labute approximate surface area is 83.5 Å². The van der Waals surface area contributed by atoms with Gasteiger partial charge >= 0.3 is 5.97 Å². The quantitative estimate of drug-likeness (QED) is 0.638. The van der Waals surface area contributed by atoms with E-state index in [2.05, 4.69) is 15.9 Å². The Hall–Kier alpha value is -1.16. The molecule has 4 heteroatoms. The van der Waals surface area contributed by atoms with E-state index < -0.39 is 11.8 Å². The maximum atomic E-state index is 11.0. The number of Topliss-reactive ketones (excluding diaryl/α,β-unsaturated/α-hetero) is 1. The predicted octanol–water partition coefficient (Wildman–Crippen LogP) is 2.02. The normalized spacial score (nSPS) is 9.69. The Morgan fingerprint density at radius 1 is 1.38 bits per heavy atom. The predicted molar refractivity (Wildman–Crippen MR) is 50.8 cm³/mol. The number of hydrogen-bond donors (Lipinski definition) is 1. The van der Waals surface area contributed by atoms with Crippen molar-refractivity contribution in [2.75, 3.05) is 0 Å². The highest BCUT2D eigenvalue weighted by Gasteiger charge is 2.14. The third-order valence-electron chi connectivity index (χ3n) is 1.61. The van der Waals surface area contributed by atoms with Crippen LogP contribution in [-0.2, 0) is 4.79 Å². The zero-order valence-corrected chi connectivity index (χ0v) is 8.46. The largest absolute Gasteiger partial charge is 0.475 e. The summed E-state index contributed by atoms with van der Waals surface area (Å²) < 4.78 is 0.856. The van der Waals surface area contributed by atoms with Crippen molar-refractivity contribution in [2.24, 2.45) is 0 Å². The van der Waals surface area contributed by atoms with Crippen molar-refractivity contribution in [3.63, 3.8) is 0 Å². The van der Waals surface area contributed by atoms with E-state index in [0.29, 0.717) is 0 Å². The van der Waals surface area contributed by atoms with Gasteiger partial charge in [0.05, 0.1) is 0 Å². The second-order valence-electron chi connectivity index (χ2n) is 2.60. The van der Waals surface area contributed by atoms with E-state index in [1.54, 1.807) is 19.1 Å². The second kappa shape index (κ2) is 3.70. The molecule has 3 nitrogen and oxygen atoms in total. The minimum absolute atomic E-state index is 0.202. The van der Waals surface area contributed by atoms with E-state index in [4.69, 9.17) is 5.11 Å². The maximum Gasteiger partial charge on any atom is 0.377 e. The Morgan fingerprint density at radius 3 is 2.46 bits per heavy atom. The minimum Gasteiger partial charge on any atom is -0.475 e. The van der Waals surface area contributed by atoms with Crippen LogP contribution in [0.5, 0.6) is 0 Å². The summed E-state index contributed by atoms with van der Waals surface area (Å²) in [5.74, 6) is -2.31. The summed E-state index contributed by atoms with van der Waals surface area (Å²) in [7, 11) is 0. The number of carbonyl (C=O) groups is 2. The highest BCUT2D eigenvalue weighted by molar-refractivity contribution is 9.10. The molecule has 0 radical (unpaired) electrons. The van der Waals surface area contributed by atoms with Crippen molar-refractivity contribution in [3.8, 4) is 0 Å². The van der Waals surface area contributed by atoms with Gasteiger partial charge in [0.1, 0.15) is 0 Å². The molecule has 0 bridgehead atoms. The third-order valence-corrected chi connectivity index (χ3v) is 2.50. The average molecular weight is 243 g/mol. The molecular weight excluding hydrogens is 236 g/mol. The number of carboxylic acid groups (broad SMARTS) is 1. The average Bonchev–Trinajstić information content (AvgIpc) is 2.08. The van der Waals surface area contributed by atoms with Crippen LogP contribution >= 0.6 is 15.9 Å². The van der Waals surface area contributed by atoms with Gasteiger partial charge in [-0.2, -0.15) is 0 Å². The van der Waals surface area contributed by atoms with Crippen molar-refractivity contribution < 1.29 is 14.7 Å². The van der Waals surface area contributed by atoms with Crippen LogP contribution in [0.2, 0.25) is 0 Å². The first kappa shape index (κ1) is 9.92. The summed E-state index contributed by atoms with van der Waals surface area (Å²) in [6, 6.07) is 4.68. The number of rotatable bonds is 2. The van der Waals surface area contributed by atoms with Crippen LogP contribution in [0.1, 0.15) is 15.9 Å². The smallest absolute Gasteiger partial charge is 0.377 e. The Morgan fingerprint density at radius 2 is 2.00 bits per heavy atom. The van der Waals surface area contributed by atoms with Crippen molar-refractivity contribution in [3.05, 3.63) is 33.8 Å². The van der Waals surface area contributed by atoms with Crippen LogP contribution in [0.25, 0.3) is 0 Å². The lowest BCUT2D eigenvalue weighted by molar-refractivity contribution is -0.131. The van der Waals surface area contributed by atoms with Gasteiger partial charge in [0, 0.05) is 10.0 Å². The van der Waals surface area contributed by atoms with E-state index in [9.17, 15) is 9.59 Å². The summed E-state index contributed by atoms with van der Waals surface area (Å²) in [6.45, 7) is 1.79. The molecule has 0 unspecified atom stereocenters. The number of carboxylic acids is 1. The number of benzene rings is 1. The molecule has 1 aromatic rings. The fourth-order valence-corrected chi connectivity index (χ4v) is 1.16. The molecule has 68 valence electrons. The molecule has 0 spiro atoms. The van der Waals surface area contributed by atoms with Crippen LogP contribution in [-0.4, -0.2) is 16.9 Å². The molecule has 0 saturated carbocycles. The van der Waals surface area contributed by atoms with Crippen LogP contribution in [0.15, 0.2) is 22.7 Å². The first-order chi connectivity index (χ1) is 6.02. The Kier molecular flexibility index (Phi) is 2.83. The molecule has 0 aliphatic heterocycles. The van der Waals surface area contributed by atoms with Gasteiger partial charge in [0.15, 0.2) is 0 Å². The summed E-state index contributed by atoms with van der Waals surface area (Å²) >= 11 is 3.26. The zero-order valence-electron chi connectivity index (χ0n) is 6.87. The third kappa shape index (κ3) is 2.15. The standard InChI is InChI=1S/C9H7BrO3/c1-5-4-6(2-3-7(5)10)8(11)9(12)13/h2-4H,1H3,(H,12,13). The molecule has 0 aromatic heterocycles. The van der Waals surface area contributed by atoms with Crippen LogP contribution in [0, 0.1) is 6.92 Å². The first-order valence-electron chi connectivity index (χ1n) is 3.56. The van der Waals surface area contributed by atoms with Gasteiger partial charge in [0.25, 0.3) is 5.78 Å². The van der Waals surface area contributed by atoms with Crippen molar-refractivity contribution in [2.45, 2.75) is 6.92 Å². The van der Waals surface area contributed by atoms with Gasteiger partial charge in [-0.15, -0.1) is 0 Å². The van der Waals surface area contributed by atoms with E-state index in [-0.39, 0.29) is 5.56 Å². The van der Waals surface area contributed by atoms with Gasteiger partial charge in [-0.05, 0) is 30.7 Å². The van der Waals surface area contributed by atoms with Gasteiger partial charge < -0.3 is 5.11 Å². The number of carbonyl (C=O) groups excluding carboxylic acids is 1. The fourth-order valence-electron chi connectivity index (χ4n) is 0.909. The molecule has 0 heterocycles. The molecule has 13 heavy (non-hydrogen) atoms. The SMILES string of the molecule is Cc1cc(C(=O)C(=O)O)ccc1Br. The van der Waals surface area contributed by atoms with Crippen LogP contribution in [0.3, 0.4) is 0 Å². The minimum atomic E-state index is -1.43. The summed E-state index contributed by atoms with van der Waals surface area (Å²) in [6.07, 6.45) is 0. The number of aliphatic carboxylic acids is 1. The zero-order chi connectivity index (χ0) is 10.0. The Balaban J connectivity index is 3.11. The number of hydrogen-bond acceptors (Lipinski definition) is 2. The van der Waals surface area contributed by atoms with E-state index in [1.165, 1.54) is 6.07 Å². The number of aryl methyl sites for hydroxylation is 1. The van der Waals surface area contributed by atoms with Crippen LogP contribution < -0.4 is 0 Å². The molecule has 1 rings (SSSR count). The molecule has 0 fully saturated rings. The molecule has 0 amide bonds. The second-order valence-corrected chi connectivity index (χ2v) is 3.45. The lowest BCUT2D eigenvalue weighted by Gasteiger charge is -1.99. The summed E-state index contributed by atoms with van der Waals surface area (Å²) in [5.41, 5.74) is 1.04. The molecular formula is C9H7BrO3. The van der Waals surface area contributed by atoms with E-state index in [1.807, 2.05) is 0 Å². The van der Waals surface area contributed by atoms with Crippen LogP contribution in [0.4, 0.5) is 0 Å². The van der Waals surface area contributed by atoms with Crippen molar-refractivity contribution >= 4 is 27.7 Å². The molecule has 1 N–H and O–H groups in total. The summed E-state index contributed by atoms with van der Waals surface area (Å²) in [5, 5.41) is 8.43. The highest BCUT2D eigenvalue weighted by Crippen LogP contribution is 2.17. The number of halogens is 1. The molecule has 0 atom stereocenters. The topological polar surface area (TPSA) is 54.4 Å². The van der Waals surface area contributed by atoms with Gasteiger partial charge in [0.2, 0.25) is 0 Å². The van der Waals surface area contributed by atoms with E-state index in [0.717, 1.165) is 10.0 Å². The monoisotopic (exact) mass is 242 g/mol. The lowest BCUT2D eigenvalue weighted by atomic mass is 10.1. The van der Waals surface area contributed by atoms with E-state index >= 15 is 0 Å². The molecule has 0 saturated heterocycles. The maximum absolute atomic E-state index is 11.0. The van der Waals surface area contributed by atoms with Crippen molar-refractivity contribution in [1.29, 1.82) is 0 Å². The summed E-state index contributed by atoms with van der Waals surface area (Å²) in [4.78, 5) is 21.3. The Bertz CT molecular complexity index is 371. The van der Waals surface area contributed by atoms with Gasteiger partial charge in [-0.25, -0.2) is 4.79 Å². The van der Waals surface area contributed by atoms with Crippen molar-refractivity contribution in [1.82, 2.24) is 0 Å². The molecule has 0 aliphatic carbocycles.